The smallest absolute Gasteiger partial charge is 0.422 e. The zero-order valence-corrected chi connectivity index (χ0v) is 12.4. The summed E-state index contributed by atoms with van der Waals surface area (Å²) in [7, 11) is 1.69. The van der Waals surface area contributed by atoms with Gasteiger partial charge in [0.1, 0.15) is 5.75 Å². The minimum Gasteiger partial charge on any atom is -0.484 e. The molecule has 0 amide bonds. The van der Waals surface area contributed by atoms with Gasteiger partial charge in [-0.05, 0) is 36.5 Å². The number of alkyl halides is 3. The first-order valence-electron chi connectivity index (χ1n) is 7.19. The van der Waals surface area contributed by atoms with Crippen molar-refractivity contribution in [2.45, 2.75) is 25.6 Å². The molecule has 1 saturated carbocycles. The third-order valence-electron chi connectivity index (χ3n) is 3.24. The van der Waals surface area contributed by atoms with E-state index in [1.54, 1.807) is 19.2 Å². The molecule has 0 aliphatic heterocycles. The highest BCUT2D eigenvalue weighted by molar-refractivity contribution is 5.79. The van der Waals surface area contributed by atoms with Crippen molar-refractivity contribution in [1.82, 2.24) is 10.6 Å². The highest BCUT2D eigenvalue weighted by Gasteiger charge is 2.28. The minimum atomic E-state index is -4.33. The van der Waals surface area contributed by atoms with Crippen molar-refractivity contribution in [3.05, 3.63) is 29.8 Å². The summed E-state index contributed by atoms with van der Waals surface area (Å²) < 4.78 is 41.1. The number of guanidine groups is 1. The molecule has 0 aromatic heterocycles. The quantitative estimate of drug-likeness (QED) is 0.627. The molecule has 1 aliphatic rings. The number of nitrogens with one attached hydrogen (secondary N) is 2. The molecule has 0 bridgehead atoms. The second kappa shape index (κ2) is 7.38. The van der Waals surface area contributed by atoms with Crippen LogP contribution in [0.4, 0.5) is 13.2 Å². The summed E-state index contributed by atoms with van der Waals surface area (Å²) in [5.74, 6) is 1.63. The second-order valence-electron chi connectivity index (χ2n) is 5.30. The van der Waals surface area contributed by atoms with Crippen LogP contribution in [-0.4, -0.2) is 32.3 Å². The SMILES string of the molecule is CN=C(NCc1cccc(OCC(F)(F)F)c1)NCC1CC1. The van der Waals surface area contributed by atoms with Crippen molar-refractivity contribution in [3.63, 3.8) is 0 Å². The van der Waals surface area contributed by atoms with Gasteiger partial charge in [0.25, 0.3) is 0 Å². The predicted molar refractivity (Wildman–Crippen MR) is 78.9 cm³/mol. The number of ether oxygens (including phenoxy) is 1. The normalized spacial score (nSPS) is 15.5. The number of nitrogens with zero attached hydrogens (tertiary/aromatic N) is 1. The van der Waals surface area contributed by atoms with E-state index in [9.17, 15) is 13.2 Å². The van der Waals surface area contributed by atoms with E-state index in [2.05, 4.69) is 15.6 Å². The highest BCUT2D eigenvalue weighted by atomic mass is 19.4. The summed E-state index contributed by atoms with van der Waals surface area (Å²) in [6.07, 6.45) is -1.83. The van der Waals surface area contributed by atoms with Gasteiger partial charge < -0.3 is 15.4 Å². The number of aliphatic imine (C=N–C) groups is 1. The molecule has 0 atom stereocenters. The summed E-state index contributed by atoms with van der Waals surface area (Å²) in [6, 6.07) is 6.59. The van der Waals surface area contributed by atoms with E-state index in [0.717, 1.165) is 18.0 Å². The maximum absolute atomic E-state index is 12.1. The third kappa shape index (κ3) is 6.24. The van der Waals surface area contributed by atoms with Gasteiger partial charge in [0.05, 0.1) is 0 Å². The lowest BCUT2D eigenvalue weighted by molar-refractivity contribution is -0.153. The molecule has 1 aromatic rings. The average Bonchev–Trinajstić information content (AvgIpc) is 3.29. The molecule has 0 unspecified atom stereocenters. The first-order chi connectivity index (χ1) is 10.5. The second-order valence-corrected chi connectivity index (χ2v) is 5.30. The van der Waals surface area contributed by atoms with Crippen LogP contribution in [0.3, 0.4) is 0 Å². The molecule has 0 saturated heterocycles. The highest BCUT2D eigenvalue weighted by Crippen LogP contribution is 2.27. The topological polar surface area (TPSA) is 45.7 Å². The number of halogens is 3. The van der Waals surface area contributed by atoms with Crippen molar-refractivity contribution >= 4 is 5.96 Å². The van der Waals surface area contributed by atoms with Gasteiger partial charge in [0, 0.05) is 20.1 Å². The third-order valence-corrected chi connectivity index (χ3v) is 3.24. The monoisotopic (exact) mass is 315 g/mol. The standard InChI is InChI=1S/C15H20F3N3O/c1-19-14(20-8-11-5-6-11)21-9-12-3-2-4-13(7-12)22-10-15(16,17)18/h2-4,7,11H,5-6,8-10H2,1H3,(H2,19,20,21). The molecule has 7 heteroatoms. The fourth-order valence-electron chi connectivity index (χ4n) is 1.88. The molecule has 122 valence electrons. The van der Waals surface area contributed by atoms with Crippen LogP contribution in [0.5, 0.6) is 5.75 Å². The van der Waals surface area contributed by atoms with E-state index in [-0.39, 0.29) is 5.75 Å². The van der Waals surface area contributed by atoms with Crippen molar-refractivity contribution in [2.75, 3.05) is 20.2 Å². The van der Waals surface area contributed by atoms with E-state index in [4.69, 9.17) is 4.74 Å². The van der Waals surface area contributed by atoms with Crippen LogP contribution >= 0.6 is 0 Å². The molecule has 1 aliphatic carbocycles. The maximum Gasteiger partial charge on any atom is 0.422 e. The molecule has 2 rings (SSSR count). The Balaban J connectivity index is 1.81. The molecule has 0 spiro atoms. The van der Waals surface area contributed by atoms with E-state index in [0.29, 0.717) is 12.5 Å². The lowest BCUT2D eigenvalue weighted by Gasteiger charge is -2.13. The first kappa shape index (κ1) is 16.5. The summed E-state index contributed by atoms with van der Waals surface area (Å²) in [5.41, 5.74) is 0.828. The van der Waals surface area contributed by atoms with E-state index in [1.807, 2.05) is 6.07 Å². The lowest BCUT2D eigenvalue weighted by atomic mass is 10.2. The van der Waals surface area contributed by atoms with Crippen molar-refractivity contribution in [3.8, 4) is 5.75 Å². The molecular weight excluding hydrogens is 295 g/mol. The number of rotatable bonds is 6. The molecule has 4 nitrogen and oxygen atoms in total. The summed E-state index contributed by atoms with van der Waals surface area (Å²) in [6.45, 7) is 0.0798. The Labute approximate surface area is 127 Å². The Kier molecular flexibility index (Phi) is 5.51. The van der Waals surface area contributed by atoms with Crippen LogP contribution in [0, 0.1) is 5.92 Å². The minimum absolute atomic E-state index is 0.206. The van der Waals surface area contributed by atoms with Crippen LogP contribution in [-0.2, 0) is 6.54 Å². The summed E-state index contributed by atoms with van der Waals surface area (Å²) in [5, 5.41) is 6.35. The fourth-order valence-corrected chi connectivity index (χ4v) is 1.88. The fraction of sp³-hybridized carbons (Fsp3) is 0.533. The van der Waals surface area contributed by atoms with Crippen molar-refractivity contribution in [2.24, 2.45) is 10.9 Å². The summed E-state index contributed by atoms with van der Waals surface area (Å²) >= 11 is 0. The Morgan fingerprint density at radius 1 is 1.32 bits per heavy atom. The van der Waals surface area contributed by atoms with Crippen LogP contribution < -0.4 is 15.4 Å². The molecule has 1 fully saturated rings. The van der Waals surface area contributed by atoms with Crippen LogP contribution in [0.15, 0.2) is 29.3 Å². The Hall–Kier alpha value is -1.92. The average molecular weight is 315 g/mol. The van der Waals surface area contributed by atoms with Crippen LogP contribution in [0.25, 0.3) is 0 Å². The molecular formula is C15H20F3N3O. The van der Waals surface area contributed by atoms with Gasteiger partial charge in [-0.2, -0.15) is 13.2 Å². The van der Waals surface area contributed by atoms with E-state index < -0.39 is 12.8 Å². The summed E-state index contributed by atoms with van der Waals surface area (Å²) in [4.78, 5) is 4.11. The number of benzene rings is 1. The zero-order valence-electron chi connectivity index (χ0n) is 12.4. The largest absolute Gasteiger partial charge is 0.484 e. The molecule has 22 heavy (non-hydrogen) atoms. The van der Waals surface area contributed by atoms with E-state index in [1.165, 1.54) is 18.9 Å². The van der Waals surface area contributed by atoms with Gasteiger partial charge in [-0.15, -0.1) is 0 Å². The van der Waals surface area contributed by atoms with Gasteiger partial charge in [0.2, 0.25) is 0 Å². The van der Waals surface area contributed by atoms with Gasteiger partial charge in [-0.25, -0.2) is 0 Å². The molecule has 0 radical (unpaired) electrons. The Morgan fingerprint density at radius 2 is 2.09 bits per heavy atom. The Bertz CT molecular complexity index is 513. The molecule has 0 heterocycles. The van der Waals surface area contributed by atoms with Gasteiger partial charge in [-0.3, -0.25) is 4.99 Å². The van der Waals surface area contributed by atoms with Crippen molar-refractivity contribution in [1.29, 1.82) is 0 Å². The maximum atomic E-state index is 12.1. The van der Waals surface area contributed by atoms with Gasteiger partial charge in [0.15, 0.2) is 12.6 Å². The predicted octanol–water partition coefficient (Wildman–Crippen LogP) is 2.70. The lowest BCUT2D eigenvalue weighted by Crippen LogP contribution is -2.37. The first-order valence-corrected chi connectivity index (χ1v) is 7.19. The van der Waals surface area contributed by atoms with Crippen molar-refractivity contribution < 1.29 is 17.9 Å². The van der Waals surface area contributed by atoms with Gasteiger partial charge >= 0.3 is 6.18 Å². The number of hydrogen-bond donors (Lipinski definition) is 2. The number of hydrogen-bond acceptors (Lipinski definition) is 2. The van der Waals surface area contributed by atoms with E-state index >= 15 is 0 Å². The Morgan fingerprint density at radius 3 is 2.73 bits per heavy atom. The van der Waals surface area contributed by atoms with Gasteiger partial charge in [-0.1, -0.05) is 12.1 Å². The zero-order chi connectivity index (χ0) is 16.0. The van der Waals surface area contributed by atoms with Crippen LogP contribution in [0.1, 0.15) is 18.4 Å². The molecule has 2 N–H and O–H groups in total. The molecule has 1 aromatic carbocycles. The van der Waals surface area contributed by atoms with Crippen LogP contribution in [0.2, 0.25) is 0 Å².